The molecule has 0 saturated carbocycles. The number of ether oxygens (including phenoxy) is 1. The van der Waals surface area contributed by atoms with Gasteiger partial charge in [0.1, 0.15) is 5.82 Å². The molecule has 0 spiro atoms. The van der Waals surface area contributed by atoms with Crippen molar-refractivity contribution >= 4 is 23.3 Å². The molecule has 3 N–H and O–H groups in total. The summed E-state index contributed by atoms with van der Waals surface area (Å²) in [5.74, 6) is 0.585. The fourth-order valence-corrected chi connectivity index (χ4v) is 2.06. The summed E-state index contributed by atoms with van der Waals surface area (Å²) >= 11 is 0. The van der Waals surface area contributed by atoms with E-state index in [0.717, 1.165) is 12.4 Å². The van der Waals surface area contributed by atoms with E-state index < -0.39 is 0 Å². The second-order valence-electron chi connectivity index (χ2n) is 4.89. The smallest absolute Gasteiger partial charge is 0.239 e. The number of hydrogen-bond acceptors (Lipinski definition) is 6. The van der Waals surface area contributed by atoms with Crippen molar-refractivity contribution in [1.82, 2.24) is 15.6 Å². The zero-order valence-corrected chi connectivity index (χ0v) is 12.6. The van der Waals surface area contributed by atoms with Crippen LogP contribution in [-0.4, -0.2) is 63.2 Å². The lowest BCUT2D eigenvalue weighted by atomic mass is 10.3. The van der Waals surface area contributed by atoms with Crippen LogP contribution >= 0.6 is 0 Å². The number of amides is 2. The maximum atomic E-state index is 11.7. The summed E-state index contributed by atoms with van der Waals surface area (Å²) in [6.07, 6.45) is 1.59. The van der Waals surface area contributed by atoms with Crippen molar-refractivity contribution in [3.63, 3.8) is 0 Å². The van der Waals surface area contributed by atoms with Gasteiger partial charge < -0.3 is 25.6 Å². The third-order valence-corrected chi connectivity index (χ3v) is 3.16. The van der Waals surface area contributed by atoms with Gasteiger partial charge in [-0.1, -0.05) is 0 Å². The molecule has 0 aromatic carbocycles. The average molecular weight is 307 g/mol. The molecule has 8 nitrogen and oxygen atoms in total. The van der Waals surface area contributed by atoms with E-state index in [4.69, 9.17) is 4.74 Å². The summed E-state index contributed by atoms with van der Waals surface area (Å²) in [6, 6.07) is 3.58. The van der Waals surface area contributed by atoms with Gasteiger partial charge in [-0.15, -0.1) is 0 Å². The van der Waals surface area contributed by atoms with Crippen LogP contribution in [0.1, 0.15) is 0 Å². The van der Waals surface area contributed by atoms with Crippen LogP contribution in [0, 0.1) is 0 Å². The Morgan fingerprint density at radius 1 is 1.50 bits per heavy atom. The summed E-state index contributed by atoms with van der Waals surface area (Å²) in [5, 5.41) is 8.49. The van der Waals surface area contributed by atoms with E-state index in [1.807, 2.05) is 4.90 Å². The highest BCUT2D eigenvalue weighted by Crippen LogP contribution is 2.14. The molecule has 1 aromatic rings. The van der Waals surface area contributed by atoms with Crippen LogP contribution in [0.3, 0.4) is 0 Å². The highest BCUT2D eigenvalue weighted by atomic mass is 16.5. The highest BCUT2D eigenvalue weighted by molar-refractivity contribution is 5.92. The molecule has 8 heteroatoms. The third-order valence-electron chi connectivity index (χ3n) is 3.16. The molecule has 22 heavy (non-hydrogen) atoms. The lowest BCUT2D eigenvalue weighted by molar-refractivity contribution is -0.120. The monoisotopic (exact) mass is 307 g/mol. The molecule has 0 aliphatic carbocycles. The van der Waals surface area contributed by atoms with Crippen LogP contribution in [0.4, 0.5) is 11.5 Å². The molecule has 0 bridgehead atoms. The summed E-state index contributed by atoms with van der Waals surface area (Å²) in [7, 11) is 1.61. The molecule has 1 aliphatic rings. The van der Waals surface area contributed by atoms with Gasteiger partial charge in [0, 0.05) is 26.7 Å². The van der Waals surface area contributed by atoms with Crippen molar-refractivity contribution in [2.75, 3.05) is 56.7 Å². The first-order valence-electron chi connectivity index (χ1n) is 7.16. The molecule has 1 aromatic heterocycles. The Balaban J connectivity index is 1.81. The van der Waals surface area contributed by atoms with E-state index in [2.05, 4.69) is 20.9 Å². The van der Waals surface area contributed by atoms with E-state index >= 15 is 0 Å². The fourth-order valence-electron chi connectivity index (χ4n) is 2.06. The minimum Gasteiger partial charge on any atom is -0.383 e. The van der Waals surface area contributed by atoms with Crippen LogP contribution in [-0.2, 0) is 14.3 Å². The third kappa shape index (κ3) is 4.97. The van der Waals surface area contributed by atoms with Gasteiger partial charge in [0.2, 0.25) is 11.8 Å². The average Bonchev–Trinajstić information content (AvgIpc) is 2.52. The first-order chi connectivity index (χ1) is 10.7. The Morgan fingerprint density at radius 2 is 2.36 bits per heavy atom. The number of nitrogens with zero attached hydrogens (tertiary/aromatic N) is 2. The normalized spacial score (nSPS) is 14.6. The molecule has 2 rings (SSSR count). The lowest BCUT2D eigenvalue weighted by Gasteiger charge is -2.27. The standard InChI is InChI=1S/C14H21N5O3/c1-22-7-5-15-9-13(20)18-11-2-3-12(17-8-11)19-6-4-16-14(21)10-19/h2-3,8,15H,4-7,9-10H2,1H3,(H,16,21)(H,18,20). The number of pyridine rings is 1. The SMILES string of the molecule is COCCNCC(=O)Nc1ccc(N2CCNC(=O)C2)nc1. The number of piperazine rings is 1. The molecule has 1 saturated heterocycles. The Labute approximate surface area is 129 Å². The van der Waals surface area contributed by atoms with E-state index in [9.17, 15) is 9.59 Å². The molecular weight excluding hydrogens is 286 g/mol. The molecule has 2 heterocycles. The first-order valence-corrected chi connectivity index (χ1v) is 7.16. The van der Waals surface area contributed by atoms with Gasteiger partial charge in [-0.2, -0.15) is 0 Å². The van der Waals surface area contributed by atoms with Gasteiger partial charge in [0.15, 0.2) is 0 Å². The molecule has 0 unspecified atom stereocenters. The highest BCUT2D eigenvalue weighted by Gasteiger charge is 2.17. The molecule has 1 aliphatic heterocycles. The molecule has 0 radical (unpaired) electrons. The molecule has 0 atom stereocenters. The van der Waals surface area contributed by atoms with E-state index in [0.29, 0.717) is 31.9 Å². The summed E-state index contributed by atoms with van der Waals surface area (Å²) in [4.78, 5) is 29.2. The van der Waals surface area contributed by atoms with Gasteiger partial charge >= 0.3 is 0 Å². The zero-order chi connectivity index (χ0) is 15.8. The maximum absolute atomic E-state index is 11.7. The van der Waals surface area contributed by atoms with Crippen molar-refractivity contribution in [1.29, 1.82) is 0 Å². The van der Waals surface area contributed by atoms with Gasteiger partial charge in [-0.25, -0.2) is 4.98 Å². The zero-order valence-electron chi connectivity index (χ0n) is 12.6. The van der Waals surface area contributed by atoms with Crippen LogP contribution in [0.5, 0.6) is 0 Å². The van der Waals surface area contributed by atoms with E-state index in [1.54, 1.807) is 25.4 Å². The number of carbonyl (C=O) groups excluding carboxylic acids is 2. The fraction of sp³-hybridized carbons (Fsp3) is 0.500. The molecular formula is C14H21N5O3. The number of aromatic nitrogens is 1. The number of methoxy groups -OCH3 is 1. The Hall–Kier alpha value is -2.19. The predicted molar refractivity (Wildman–Crippen MR) is 82.8 cm³/mol. The van der Waals surface area contributed by atoms with Gasteiger partial charge in [-0.05, 0) is 12.1 Å². The lowest BCUT2D eigenvalue weighted by Crippen LogP contribution is -2.48. The van der Waals surface area contributed by atoms with Crippen molar-refractivity contribution in [3.8, 4) is 0 Å². The van der Waals surface area contributed by atoms with Crippen LogP contribution < -0.4 is 20.9 Å². The van der Waals surface area contributed by atoms with Gasteiger partial charge in [0.25, 0.3) is 0 Å². The van der Waals surface area contributed by atoms with E-state index in [1.165, 1.54) is 0 Å². The predicted octanol–water partition coefficient (Wildman–Crippen LogP) is -0.808. The van der Waals surface area contributed by atoms with Gasteiger partial charge in [-0.3, -0.25) is 9.59 Å². The van der Waals surface area contributed by atoms with E-state index in [-0.39, 0.29) is 18.4 Å². The quantitative estimate of drug-likeness (QED) is 0.570. The minimum atomic E-state index is -0.136. The maximum Gasteiger partial charge on any atom is 0.239 e. The summed E-state index contributed by atoms with van der Waals surface area (Å²) in [6.45, 7) is 3.06. The van der Waals surface area contributed by atoms with Crippen molar-refractivity contribution in [2.45, 2.75) is 0 Å². The number of nitrogens with one attached hydrogen (secondary N) is 3. The number of anilines is 2. The summed E-state index contributed by atoms with van der Waals surface area (Å²) < 4.78 is 4.88. The molecule has 2 amide bonds. The van der Waals surface area contributed by atoms with Crippen LogP contribution in [0.15, 0.2) is 18.3 Å². The Morgan fingerprint density at radius 3 is 3.05 bits per heavy atom. The largest absolute Gasteiger partial charge is 0.383 e. The number of carbonyl (C=O) groups is 2. The second kappa shape index (κ2) is 8.30. The van der Waals surface area contributed by atoms with Crippen LogP contribution in [0.25, 0.3) is 0 Å². The summed E-state index contributed by atoms with van der Waals surface area (Å²) in [5.41, 5.74) is 0.628. The Bertz CT molecular complexity index is 506. The number of hydrogen-bond donors (Lipinski definition) is 3. The topological polar surface area (TPSA) is 95.6 Å². The number of rotatable bonds is 7. The van der Waals surface area contributed by atoms with Crippen molar-refractivity contribution in [3.05, 3.63) is 18.3 Å². The second-order valence-corrected chi connectivity index (χ2v) is 4.89. The molecule has 1 fully saturated rings. The van der Waals surface area contributed by atoms with Crippen LogP contribution in [0.2, 0.25) is 0 Å². The molecule has 120 valence electrons. The van der Waals surface area contributed by atoms with Gasteiger partial charge in [0.05, 0.1) is 31.6 Å². The Kier molecular flexibility index (Phi) is 6.11. The first kappa shape index (κ1) is 16.2. The minimum absolute atomic E-state index is 0.00689. The van der Waals surface area contributed by atoms with Crippen molar-refractivity contribution < 1.29 is 14.3 Å². The van der Waals surface area contributed by atoms with Crippen molar-refractivity contribution in [2.24, 2.45) is 0 Å².